The highest BCUT2D eigenvalue weighted by atomic mass is 35.5. The summed E-state index contributed by atoms with van der Waals surface area (Å²) in [7, 11) is -4.13. The molecule has 150 valence electrons. The normalized spacial score (nSPS) is 14.8. The van der Waals surface area contributed by atoms with Gasteiger partial charge in [0.05, 0.1) is 21.4 Å². The topological polar surface area (TPSA) is 111 Å². The molecule has 3 rings (SSSR count). The van der Waals surface area contributed by atoms with Gasteiger partial charge >= 0.3 is 6.03 Å². The highest BCUT2D eigenvalue weighted by Crippen LogP contribution is 2.37. The van der Waals surface area contributed by atoms with Gasteiger partial charge in [-0.25, -0.2) is 18.2 Å². The van der Waals surface area contributed by atoms with Gasteiger partial charge in [0, 0.05) is 13.1 Å². The first kappa shape index (κ1) is 20.7. The lowest BCUT2D eigenvalue weighted by Crippen LogP contribution is -2.40. The van der Waals surface area contributed by atoms with Gasteiger partial charge in [-0.1, -0.05) is 35.3 Å². The molecule has 2 aromatic rings. The minimum Gasteiger partial charge on any atom is -0.504 e. The van der Waals surface area contributed by atoms with Crippen molar-refractivity contribution < 1.29 is 18.3 Å². The predicted molar refractivity (Wildman–Crippen MR) is 108 cm³/mol. The first-order valence-electron chi connectivity index (χ1n) is 8.39. The van der Waals surface area contributed by atoms with Gasteiger partial charge in [0.25, 0.3) is 10.0 Å². The molecule has 0 aliphatic carbocycles. The Labute approximate surface area is 172 Å². The van der Waals surface area contributed by atoms with Crippen LogP contribution in [0.15, 0.2) is 41.3 Å². The first-order chi connectivity index (χ1) is 13.3. The first-order valence-corrected chi connectivity index (χ1v) is 10.6. The number of halogens is 2. The fourth-order valence-electron chi connectivity index (χ4n) is 2.77. The number of phenols is 1. The zero-order chi connectivity index (χ0) is 20.3. The molecule has 0 unspecified atom stereocenters. The lowest BCUT2D eigenvalue weighted by atomic mass is 10.3. The summed E-state index contributed by atoms with van der Waals surface area (Å²) in [6, 6.07) is 8.48. The number of sulfonamides is 1. The lowest BCUT2D eigenvalue weighted by molar-refractivity contribution is 0.262. The third-order valence-corrected chi connectivity index (χ3v) is 6.28. The molecule has 11 heteroatoms. The molecule has 1 aliphatic heterocycles. The highest BCUT2D eigenvalue weighted by molar-refractivity contribution is 7.89. The number of nitrogens with one attached hydrogen (secondary N) is 3. The number of benzene rings is 2. The van der Waals surface area contributed by atoms with Gasteiger partial charge in [0.2, 0.25) is 0 Å². The molecular weight excluding hydrogens is 427 g/mol. The number of hydrogen-bond acceptors (Lipinski definition) is 5. The van der Waals surface area contributed by atoms with E-state index >= 15 is 0 Å². The van der Waals surface area contributed by atoms with E-state index in [1.165, 1.54) is 17.1 Å². The Morgan fingerprint density at radius 1 is 0.964 bits per heavy atom. The summed E-state index contributed by atoms with van der Waals surface area (Å²) in [6.07, 6.45) is 1.73. The molecule has 0 saturated carbocycles. The molecule has 0 aromatic heterocycles. The van der Waals surface area contributed by atoms with Crippen LogP contribution in [-0.2, 0) is 10.0 Å². The molecule has 1 heterocycles. The van der Waals surface area contributed by atoms with Crippen LogP contribution >= 0.6 is 23.2 Å². The highest BCUT2D eigenvalue weighted by Gasteiger charge is 2.28. The number of para-hydroxylation sites is 1. The van der Waals surface area contributed by atoms with Crippen LogP contribution in [0.1, 0.15) is 12.8 Å². The maximum absolute atomic E-state index is 12.7. The van der Waals surface area contributed by atoms with Crippen molar-refractivity contribution in [1.82, 2.24) is 9.84 Å². The number of carbonyl (C=O) groups is 1. The van der Waals surface area contributed by atoms with Gasteiger partial charge in [0.1, 0.15) is 4.90 Å². The van der Waals surface area contributed by atoms with E-state index in [2.05, 4.69) is 15.5 Å². The molecule has 0 spiro atoms. The van der Waals surface area contributed by atoms with Crippen LogP contribution in [0.4, 0.5) is 16.2 Å². The number of phenolic OH excluding ortho intramolecular Hbond substituents is 1. The molecule has 4 N–H and O–H groups in total. The summed E-state index contributed by atoms with van der Waals surface area (Å²) < 4.78 is 25.3. The second kappa shape index (κ2) is 8.54. The Bertz CT molecular complexity index is 995. The molecule has 1 aliphatic rings. The van der Waals surface area contributed by atoms with E-state index in [4.69, 9.17) is 23.2 Å². The zero-order valence-electron chi connectivity index (χ0n) is 14.6. The van der Waals surface area contributed by atoms with Crippen molar-refractivity contribution in [2.45, 2.75) is 17.7 Å². The van der Waals surface area contributed by atoms with Crippen molar-refractivity contribution in [3.63, 3.8) is 0 Å². The van der Waals surface area contributed by atoms with E-state index in [-0.39, 0.29) is 10.7 Å². The Balaban J connectivity index is 1.82. The summed E-state index contributed by atoms with van der Waals surface area (Å²) in [5.41, 5.74) is 0.245. The number of carbonyl (C=O) groups excluding carboxylic acids is 1. The summed E-state index contributed by atoms with van der Waals surface area (Å²) in [5.74, 6) is -0.659. The molecule has 2 aromatic carbocycles. The third kappa shape index (κ3) is 4.68. The fraction of sp³-hybridized carbons (Fsp3) is 0.235. The smallest absolute Gasteiger partial charge is 0.323 e. The molecule has 2 amide bonds. The number of rotatable bonds is 5. The second-order valence-corrected chi connectivity index (χ2v) is 8.53. The number of anilines is 2. The van der Waals surface area contributed by atoms with E-state index in [0.717, 1.165) is 12.8 Å². The molecule has 0 radical (unpaired) electrons. The van der Waals surface area contributed by atoms with Crippen molar-refractivity contribution in [1.29, 1.82) is 0 Å². The standard InChI is InChI=1S/C17H18Cl2N4O4S/c18-11-5-1-2-6-13(11)20-17(25)21-14-8-7-12(19)16(15(14)24)28(26,27)22-23-9-3-4-10-23/h1-2,5-8,22,24H,3-4,9-10H2,(H2,20,21,25). The van der Waals surface area contributed by atoms with Gasteiger partial charge in [-0.15, -0.1) is 4.83 Å². The number of hydrogen-bond donors (Lipinski definition) is 4. The minimum atomic E-state index is -4.13. The monoisotopic (exact) mass is 444 g/mol. The van der Waals surface area contributed by atoms with Crippen LogP contribution in [0.3, 0.4) is 0 Å². The average molecular weight is 445 g/mol. The number of hydrazine groups is 1. The SMILES string of the molecule is O=C(Nc1ccccc1Cl)Nc1ccc(Cl)c(S(=O)(=O)NN2CCCC2)c1O. The minimum absolute atomic E-state index is 0.115. The summed E-state index contributed by atoms with van der Waals surface area (Å²) in [6.45, 7) is 1.13. The molecule has 0 bridgehead atoms. The summed E-state index contributed by atoms with van der Waals surface area (Å²) in [5, 5.41) is 17.1. The second-order valence-electron chi connectivity index (χ2n) is 6.12. The van der Waals surface area contributed by atoms with Crippen LogP contribution in [0.25, 0.3) is 0 Å². The van der Waals surface area contributed by atoms with Gasteiger partial charge in [-0.2, -0.15) is 0 Å². The zero-order valence-corrected chi connectivity index (χ0v) is 16.9. The van der Waals surface area contributed by atoms with Crippen LogP contribution in [0, 0.1) is 0 Å². The maximum atomic E-state index is 12.7. The van der Waals surface area contributed by atoms with Crippen LogP contribution < -0.4 is 15.5 Å². The van der Waals surface area contributed by atoms with Crippen molar-refractivity contribution in [2.75, 3.05) is 23.7 Å². The van der Waals surface area contributed by atoms with Crippen LogP contribution in [0.2, 0.25) is 10.0 Å². The molecule has 1 fully saturated rings. The fourth-order valence-corrected chi connectivity index (χ4v) is 4.71. The summed E-state index contributed by atoms with van der Waals surface area (Å²) >= 11 is 12.0. The van der Waals surface area contributed by atoms with Gasteiger partial charge in [-0.3, -0.25) is 0 Å². The number of nitrogens with zero attached hydrogens (tertiary/aromatic N) is 1. The number of urea groups is 1. The molecular formula is C17H18Cl2N4O4S. The van der Waals surface area contributed by atoms with E-state index in [1.807, 2.05) is 0 Å². The Hall–Kier alpha value is -2.04. The van der Waals surface area contributed by atoms with E-state index in [1.54, 1.807) is 24.3 Å². The van der Waals surface area contributed by atoms with Gasteiger partial charge in [-0.05, 0) is 37.1 Å². The molecule has 8 nitrogen and oxygen atoms in total. The molecule has 0 atom stereocenters. The van der Waals surface area contributed by atoms with E-state index in [9.17, 15) is 18.3 Å². The quantitative estimate of drug-likeness (QED) is 0.526. The van der Waals surface area contributed by atoms with Crippen LogP contribution in [0.5, 0.6) is 5.75 Å². The van der Waals surface area contributed by atoms with E-state index in [0.29, 0.717) is 23.8 Å². The largest absolute Gasteiger partial charge is 0.504 e. The summed E-state index contributed by atoms with van der Waals surface area (Å²) in [4.78, 5) is 14.1. The third-order valence-electron chi connectivity index (χ3n) is 4.08. The van der Waals surface area contributed by atoms with Crippen molar-refractivity contribution in [3.05, 3.63) is 46.4 Å². The molecule has 28 heavy (non-hydrogen) atoms. The average Bonchev–Trinajstić information content (AvgIpc) is 3.11. The van der Waals surface area contributed by atoms with Crippen molar-refractivity contribution >= 4 is 50.6 Å². The molecule has 1 saturated heterocycles. The Morgan fingerprint density at radius 3 is 2.29 bits per heavy atom. The Morgan fingerprint density at radius 2 is 1.61 bits per heavy atom. The van der Waals surface area contributed by atoms with Crippen molar-refractivity contribution in [3.8, 4) is 5.75 Å². The lowest BCUT2D eigenvalue weighted by Gasteiger charge is -2.19. The van der Waals surface area contributed by atoms with E-state index < -0.39 is 26.7 Å². The van der Waals surface area contributed by atoms with Crippen LogP contribution in [-0.4, -0.2) is 37.7 Å². The van der Waals surface area contributed by atoms with Gasteiger partial charge in [0.15, 0.2) is 5.75 Å². The number of amides is 2. The van der Waals surface area contributed by atoms with Gasteiger partial charge < -0.3 is 15.7 Å². The number of aromatic hydroxyl groups is 1. The predicted octanol–water partition coefficient (Wildman–Crippen LogP) is 3.63. The Kier molecular flexibility index (Phi) is 6.31. The maximum Gasteiger partial charge on any atom is 0.323 e. The van der Waals surface area contributed by atoms with Crippen molar-refractivity contribution in [2.24, 2.45) is 0 Å².